The molecule has 1 aromatic rings. The number of nitrogens with one attached hydrogen (secondary N) is 1. The molecular formula is C22H32N4O. The highest BCUT2D eigenvalue weighted by atomic mass is 16.2. The van der Waals surface area contributed by atoms with E-state index in [0.717, 1.165) is 61.0 Å². The van der Waals surface area contributed by atoms with Crippen molar-refractivity contribution in [2.75, 3.05) is 18.0 Å². The van der Waals surface area contributed by atoms with Crippen LogP contribution in [0.3, 0.4) is 0 Å². The molecule has 4 aliphatic carbocycles. The number of rotatable bonds is 3. The van der Waals surface area contributed by atoms with Crippen LogP contribution < -0.4 is 10.2 Å². The molecular weight excluding hydrogens is 336 g/mol. The molecule has 5 nitrogen and oxygen atoms in total. The van der Waals surface area contributed by atoms with Crippen molar-refractivity contribution in [2.24, 2.45) is 23.7 Å². The van der Waals surface area contributed by atoms with Crippen molar-refractivity contribution in [3.63, 3.8) is 0 Å². The maximum Gasteiger partial charge on any atom is 0.225 e. The molecule has 5 fully saturated rings. The first-order chi connectivity index (χ1) is 13.0. The zero-order valence-corrected chi connectivity index (χ0v) is 16.7. The van der Waals surface area contributed by atoms with Crippen LogP contribution in [0.15, 0.2) is 6.07 Å². The van der Waals surface area contributed by atoms with E-state index in [1.54, 1.807) is 0 Å². The lowest BCUT2D eigenvalue weighted by atomic mass is 9.53. The SMILES string of the molecule is Cc1cc(C)nc(N2CCC[C@H](C(=O)NC34CC5CC(CC(C5)C3)C4)C2)n1. The number of amides is 1. The average molecular weight is 369 g/mol. The molecule has 1 atom stereocenters. The highest BCUT2D eigenvalue weighted by molar-refractivity contribution is 5.80. The first-order valence-electron chi connectivity index (χ1n) is 10.9. The van der Waals surface area contributed by atoms with Gasteiger partial charge in [0.15, 0.2) is 0 Å². The predicted molar refractivity (Wildman–Crippen MR) is 105 cm³/mol. The number of carbonyl (C=O) groups excluding carboxylic acids is 1. The number of hydrogen-bond acceptors (Lipinski definition) is 4. The number of anilines is 1. The zero-order valence-electron chi connectivity index (χ0n) is 16.7. The molecule has 0 radical (unpaired) electrons. The number of piperidine rings is 1. The largest absolute Gasteiger partial charge is 0.350 e. The van der Waals surface area contributed by atoms with Crippen molar-refractivity contribution < 1.29 is 4.79 Å². The maximum atomic E-state index is 13.2. The van der Waals surface area contributed by atoms with Gasteiger partial charge in [-0.15, -0.1) is 0 Å². The van der Waals surface area contributed by atoms with Gasteiger partial charge in [0.25, 0.3) is 0 Å². The Morgan fingerprint density at radius 2 is 1.67 bits per heavy atom. The van der Waals surface area contributed by atoms with Gasteiger partial charge in [-0.2, -0.15) is 0 Å². The summed E-state index contributed by atoms with van der Waals surface area (Å²) in [6.07, 6.45) is 9.93. The van der Waals surface area contributed by atoms with Crippen LogP contribution in [-0.2, 0) is 4.79 Å². The Labute approximate surface area is 162 Å². The molecule has 5 aliphatic rings. The third-order valence-electron chi connectivity index (χ3n) is 7.47. The lowest BCUT2D eigenvalue weighted by Gasteiger charge is -2.57. The van der Waals surface area contributed by atoms with Crippen LogP contribution >= 0.6 is 0 Å². The Morgan fingerprint density at radius 1 is 1.07 bits per heavy atom. The van der Waals surface area contributed by atoms with Gasteiger partial charge in [-0.1, -0.05) is 0 Å². The molecule has 0 aromatic carbocycles. The maximum absolute atomic E-state index is 13.2. The summed E-state index contributed by atoms with van der Waals surface area (Å²) >= 11 is 0. The van der Waals surface area contributed by atoms with Crippen LogP contribution in [0.2, 0.25) is 0 Å². The highest BCUT2D eigenvalue weighted by Crippen LogP contribution is 2.55. The van der Waals surface area contributed by atoms with Crippen LogP contribution in [0.1, 0.15) is 62.8 Å². The van der Waals surface area contributed by atoms with E-state index < -0.39 is 0 Å². The van der Waals surface area contributed by atoms with Gasteiger partial charge in [-0.25, -0.2) is 9.97 Å². The normalized spacial score (nSPS) is 37.5. The molecule has 146 valence electrons. The molecule has 4 saturated carbocycles. The molecule has 27 heavy (non-hydrogen) atoms. The number of carbonyl (C=O) groups is 1. The van der Waals surface area contributed by atoms with Crippen molar-refractivity contribution in [2.45, 2.75) is 70.8 Å². The summed E-state index contributed by atoms with van der Waals surface area (Å²) < 4.78 is 0. The van der Waals surface area contributed by atoms with Gasteiger partial charge in [0.1, 0.15) is 0 Å². The minimum Gasteiger partial charge on any atom is -0.350 e. The van der Waals surface area contributed by atoms with Gasteiger partial charge in [0.2, 0.25) is 11.9 Å². The van der Waals surface area contributed by atoms with E-state index in [4.69, 9.17) is 0 Å². The lowest BCUT2D eigenvalue weighted by Crippen LogP contribution is -2.61. The molecule has 1 saturated heterocycles. The summed E-state index contributed by atoms with van der Waals surface area (Å²) in [5.41, 5.74) is 2.11. The summed E-state index contributed by atoms with van der Waals surface area (Å²) in [5, 5.41) is 3.58. The van der Waals surface area contributed by atoms with E-state index in [2.05, 4.69) is 20.2 Å². The van der Waals surface area contributed by atoms with E-state index in [1.807, 2.05) is 19.9 Å². The predicted octanol–water partition coefficient (Wildman–Crippen LogP) is 3.39. The Bertz CT molecular complexity index is 690. The average Bonchev–Trinajstić information content (AvgIpc) is 2.59. The molecule has 5 heteroatoms. The Morgan fingerprint density at radius 3 is 2.26 bits per heavy atom. The van der Waals surface area contributed by atoms with Crippen LogP contribution in [0.4, 0.5) is 5.95 Å². The summed E-state index contributed by atoms with van der Waals surface area (Å²) in [4.78, 5) is 24.7. The van der Waals surface area contributed by atoms with Crippen LogP contribution in [-0.4, -0.2) is 34.5 Å². The van der Waals surface area contributed by atoms with Gasteiger partial charge in [-0.3, -0.25) is 4.79 Å². The number of aromatic nitrogens is 2. The van der Waals surface area contributed by atoms with E-state index in [1.165, 1.54) is 38.5 Å². The third-order valence-corrected chi connectivity index (χ3v) is 7.47. The lowest BCUT2D eigenvalue weighted by molar-refractivity contribution is -0.131. The van der Waals surface area contributed by atoms with Gasteiger partial charge in [0.05, 0.1) is 5.92 Å². The summed E-state index contributed by atoms with van der Waals surface area (Å²) in [6.45, 7) is 5.73. The molecule has 1 aromatic heterocycles. The van der Waals surface area contributed by atoms with Gasteiger partial charge in [0, 0.05) is 30.0 Å². The minimum atomic E-state index is 0.0659. The van der Waals surface area contributed by atoms with Gasteiger partial charge < -0.3 is 10.2 Å². The summed E-state index contributed by atoms with van der Waals surface area (Å²) in [5.74, 6) is 3.73. The Hall–Kier alpha value is -1.65. The molecule has 6 rings (SSSR count). The number of aryl methyl sites for hydroxylation is 2. The van der Waals surface area contributed by atoms with Crippen molar-refractivity contribution in [1.29, 1.82) is 0 Å². The first-order valence-corrected chi connectivity index (χ1v) is 10.9. The van der Waals surface area contributed by atoms with E-state index in [-0.39, 0.29) is 17.4 Å². The molecule has 1 N–H and O–H groups in total. The number of nitrogens with zero attached hydrogens (tertiary/aromatic N) is 3. The molecule has 4 bridgehead atoms. The molecule has 1 amide bonds. The Kier molecular flexibility index (Phi) is 4.17. The molecule has 1 aliphatic heterocycles. The molecule has 2 heterocycles. The summed E-state index contributed by atoms with van der Waals surface area (Å²) in [7, 11) is 0. The zero-order chi connectivity index (χ0) is 18.6. The molecule has 0 spiro atoms. The van der Waals surface area contributed by atoms with Crippen LogP contribution in [0.25, 0.3) is 0 Å². The topological polar surface area (TPSA) is 58.1 Å². The standard InChI is InChI=1S/C22H32N4O/c1-14-6-15(2)24-21(23-14)26-5-3-4-19(13-26)20(27)25-22-10-16-7-17(11-22)9-18(8-16)12-22/h6,16-19H,3-5,7-13H2,1-2H3,(H,25,27)/t16?,17?,18?,19-,22?/m0/s1. The van der Waals surface area contributed by atoms with Crippen molar-refractivity contribution in [1.82, 2.24) is 15.3 Å². The second-order valence-corrected chi connectivity index (χ2v) is 9.92. The first kappa shape index (κ1) is 17.4. The fourth-order valence-corrected chi connectivity index (χ4v) is 6.85. The van der Waals surface area contributed by atoms with Crippen molar-refractivity contribution in [3.05, 3.63) is 17.5 Å². The van der Waals surface area contributed by atoms with Gasteiger partial charge >= 0.3 is 0 Å². The Balaban J connectivity index is 1.28. The van der Waals surface area contributed by atoms with E-state index in [0.29, 0.717) is 0 Å². The molecule has 0 unspecified atom stereocenters. The van der Waals surface area contributed by atoms with Crippen molar-refractivity contribution in [3.8, 4) is 0 Å². The summed E-state index contributed by atoms with van der Waals surface area (Å²) in [6, 6.07) is 2.00. The fraction of sp³-hybridized carbons (Fsp3) is 0.773. The quantitative estimate of drug-likeness (QED) is 0.888. The van der Waals surface area contributed by atoms with Crippen molar-refractivity contribution >= 4 is 11.9 Å². The second kappa shape index (κ2) is 6.46. The van der Waals surface area contributed by atoms with Crippen LogP contribution in [0, 0.1) is 37.5 Å². The van der Waals surface area contributed by atoms with E-state index >= 15 is 0 Å². The fourth-order valence-electron chi connectivity index (χ4n) is 6.85. The second-order valence-electron chi connectivity index (χ2n) is 9.92. The third kappa shape index (κ3) is 3.34. The van der Waals surface area contributed by atoms with Gasteiger partial charge in [-0.05, 0) is 89.0 Å². The highest BCUT2D eigenvalue weighted by Gasteiger charge is 2.51. The minimum absolute atomic E-state index is 0.0659. The smallest absolute Gasteiger partial charge is 0.225 e. The monoisotopic (exact) mass is 368 g/mol. The van der Waals surface area contributed by atoms with E-state index in [9.17, 15) is 4.79 Å². The van der Waals surface area contributed by atoms with Crippen LogP contribution in [0.5, 0.6) is 0 Å². The number of hydrogen-bond donors (Lipinski definition) is 1.